The Morgan fingerprint density at radius 2 is 1.02 bits per heavy atom. The van der Waals surface area contributed by atoms with E-state index in [9.17, 15) is 0 Å². The Labute approximate surface area is 335 Å². The maximum absolute atomic E-state index is 5.15. The number of nitrogens with one attached hydrogen (secondary N) is 1. The molecule has 55 heavy (non-hydrogen) atoms. The fraction of sp³-hybridized carbons (Fsp3) is 0.404. The van der Waals surface area contributed by atoms with E-state index in [4.69, 9.17) is 4.98 Å². The molecule has 1 heterocycles. The molecule has 5 aromatic carbocycles. The molecule has 3 heteroatoms. The van der Waals surface area contributed by atoms with Gasteiger partial charge in [-0.2, -0.15) is 0 Å². The fourth-order valence-electron chi connectivity index (χ4n) is 9.10. The van der Waals surface area contributed by atoms with E-state index in [1.165, 1.54) is 154 Å². The third-order valence-corrected chi connectivity index (χ3v) is 13.2. The highest BCUT2D eigenvalue weighted by molar-refractivity contribution is 7.21. The van der Waals surface area contributed by atoms with E-state index in [0.29, 0.717) is 0 Å². The summed E-state index contributed by atoms with van der Waals surface area (Å²) in [5.74, 6) is 0. The molecular weight excluding hydrogens is 685 g/mol. The van der Waals surface area contributed by atoms with Crippen LogP contribution in [0.2, 0.25) is 0 Å². The second-order valence-corrected chi connectivity index (χ2v) is 17.1. The predicted octanol–water partition coefficient (Wildman–Crippen LogP) is 16.7. The molecule has 0 amide bonds. The van der Waals surface area contributed by atoms with Crippen molar-refractivity contribution in [3.8, 4) is 32.8 Å². The summed E-state index contributed by atoms with van der Waals surface area (Å²) in [4.78, 5) is 5.15. The number of unbranched alkanes of at least 4 members (excludes halogenated alkanes) is 14. The summed E-state index contributed by atoms with van der Waals surface area (Å²) >= 11 is 1.83. The Kier molecular flexibility index (Phi) is 13.9. The zero-order chi connectivity index (χ0) is 37.7. The van der Waals surface area contributed by atoms with Crippen molar-refractivity contribution < 1.29 is 0 Å². The SMILES string of the molecule is CCCCCCCCCCC1(CCCCCCCCCC)c2cc(-c3nc4ccccc4s3)ccc2-c2ccc(-c3ccccc3Nc3ccccc3)cc21. The lowest BCUT2D eigenvalue weighted by Gasteiger charge is -2.33. The molecule has 0 aliphatic heterocycles. The number of benzene rings is 5. The number of fused-ring (bicyclic) bond motifs is 4. The first-order valence-electron chi connectivity index (χ1n) is 21.8. The van der Waals surface area contributed by atoms with E-state index in [2.05, 4.69) is 134 Å². The average Bonchev–Trinajstić information content (AvgIpc) is 3.78. The van der Waals surface area contributed by atoms with Crippen molar-refractivity contribution in [1.29, 1.82) is 0 Å². The Hall–Kier alpha value is -4.21. The largest absolute Gasteiger partial charge is 0.355 e. The van der Waals surface area contributed by atoms with Crippen molar-refractivity contribution in [3.63, 3.8) is 0 Å². The van der Waals surface area contributed by atoms with Crippen molar-refractivity contribution >= 4 is 32.9 Å². The van der Waals surface area contributed by atoms with E-state index in [1.54, 1.807) is 5.56 Å². The molecule has 286 valence electrons. The van der Waals surface area contributed by atoms with Crippen LogP contribution in [0.4, 0.5) is 11.4 Å². The second kappa shape index (κ2) is 19.6. The minimum Gasteiger partial charge on any atom is -0.355 e. The lowest BCUT2D eigenvalue weighted by molar-refractivity contribution is 0.397. The number of nitrogens with zero attached hydrogens (tertiary/aromatic N) is 1. The maximum atomic E-state index is 5.15. The summed E-state index contributed by atoms with van der Waals surface area (Å²) < 4.78 is 1.26. The number of para-hydroxylation sites is 3. The number of aromatic nitrogens is 1. The van der Waals surface area contributed by atoms with Crippen LogP contribution in [-0.2, 0) is 5.41 Å². The van der Waals surface area contributed by atoms with Crippen LogP contribution in [0.5, 0.6) is 0 Å². The van der Waals surface area contributed by atoms with Gasteiger partial charge in [0.2, 0.25) is 0 Å². The molecule has 0 unspecified atom stereocenters. The standard InChI is InChI=1S/C52H62N2S/c1-3-5-7-9-11-13-15-24-36-52(37-25-16-14-12-10-8-6-4-2)46-38-40(43-28-20-21-29-48(43)53-42-26-18-17-19-27-42)32-34-44(46)45-35-33-41(39-47(45)52)51-54-49-30-22-23-31-50(49)55-51/h17-23,26-35,38-39,53H,3-16,24-25,36-37H2,1-2H3. The van der Waals surface area contributed by atoms with Gasteiger partial charge in [-0.05, 0) is 83.1 Å². The number of hydrogen-bond acceptors (Lipinski definition) is 3. The van der Waals surface area contributed by atoms with Crippen LogP contribution in [0.3, 0.4) is 0 Å². The van der Waals surface area contributed by atoms with Crippen LogP contribution in [0, 0.1) is 0 Å². The molecule has 0 radical (unpaired) electrons. The molecule has 0 saturated carbocycles. The lowest BCUT2D eigenvalue weighted by atomic mass is 9.70. The molecular formula is C52H62N2S. The van der Waals surface area contributed by atoms with Crippen LogP contribution in [-0.4, -0.2) is 4.98 Å². The van der Waals surface area contributed by atoms with E-state index in [-0.39, 0.29) is 5.41 Å². The molecule has 0 atom stereocenters. The van der Waals surface area contributed by atoms with Crippen LogP contribution < -0.4 is 5.32 Å². The molecule has 0 saturated heterocycles. The van der Waals surface area contributed by atoms with Crippen molar-refractivity contribution in [2.24, 2.45) is 0 Å². The Balaban J connectivity index is 1.26. The number of thiazole rings is 1. The highest BCUT2D eigenvalue weighted by Gasteiger charge is 2.42. The minimum atomic E-state index is -0.0143. The van der Waals surface area contributed by atoms with Crippen LogP contribution in [0.15, 0.2) is 115 Å². The third kappa shape index (κ3) is 9.43. The average molecular weight is 747 g/mol. The van der Waals surface area contributed by atoms with Crippen LogP contribution in [0.1, 0.15) is 141 Å². The summed E-state index contributed by atoms with van der Waals surface area (Å²) in [7, 11) is 0. The molecule has 1 aliphatic rings. The van der Waals surface area contributed by atoms with Gasteiger partial charge in [-0.15, -0.1) is 11.3 Å². The zero-order valence-electron chi connectivity index (χ0n) is 33.6. The molecule has 7 rings (SSSR count). The molecule has 2 nitrogen and oxygen atoms in total. The first-order chi connectivity index (χ1) is 27.2. The normalized spacial score (nSPS) is 12.9. The highest BCUT2D eigenvalue weighted by atomic mass is 32.1. The molecule has 0 spiro atoms. The Morgan fingerprint density at radius 3 is 1.65 bits per heavy atom. The van der Waals surface area contributed by atoms with Gasteiger partial charge in [0.25, 0.3) is 0 Å². The third-order valence-electron chi connectivity index (χ3n) is 12.1. The molecule has 0 fully saturated rings. The second-order valence-electron chi connectivity index (χ2n) is 16.1. The Morgan fingerprint density at radius 1 is 0.491 bits per heavy atom. The van der Waals surface area contributed by atoms with E-state index in [0.717, 1.165) is 21.9 Å². The summed E-state index contributed by atoms with van der Waals surface area (Å²) in [5.41, 5.74) is 13.1. The van der Waals surface area contributed by atoms with Crippen molar-refractivity contribution in [1.82, 2.24) is 4.98 Å². The smallest absolute Gasteiger partial charge is 0.124 e. The molecule has 1 aromatic heterocycles. The van der Waals surface area contributed by atoms with Crippen molar-refractivity contribution in [2.75, 3.05) is 5.32 Å². The Bertz CT molecular complexity index is 2040. The summed E-state index contributed by atoms with van der Waals surface area (Å²) in [6, 6.07) is 42.8. The topological polar surface area (TPSA) is 24.9 Å². The van der Waals surface area contributed by atoms with Crippen LogP contribution in [0.25, 0.3) is 43.0 Å². The van der Waals surface area contributed by atoms with Gasteiger partial charge in [0.05, 0.1) is 10.2 Å². The van der Waals surface area contributed by atoms with E-state index < -0.39 is 0 Å². The number of hydrogen-bond donors (Lipinski definition) is 1. The molecule has 1 aliphatic carbocycles. The van der Waals surface area contributed by atoms with Gasteiger partial charge in [-0.25, -0.2) is 4.98 Å². The number of anilines is 2. The van der Waals surface area contributed by atoms with Gasteiger partial charge in [-0.3, -0.25) is 0 Å². The zero-order valence-corrected chi connectivity index (χ0v) is 34.4. The quantitative estimate of drug-likeness (QED) is 0.0700. The lowest BCUT2D eigenvalue weighted by Crippen LogP contribution is -2.25. The summed E-state index contributed by atoms with van der Waals surface area (Å²) in [6.45, 7) is 4.63. The van der Waals surface area contributed by atoms with Crippen molar-refractivity contribution in [3.05, 3.63) is 126 Å². The van der Waals surface area contributed by atoms with Crippen LogP contribution >= 0.6 is 11.3 Å². The van der Waals surface area contributed by atoms with Crippen molar-refractivity contribution in [2.45, 2.75) is 135 Å². The monoisotopic (exact) mass is 746 g/mol. The summed E-state index contributed by atoms with van der Waals surface area (Å²) in [5, 5.41) is 4.87. The van der Waals surface area contributed by atoms with Gasteiger partial charge in [0.15, 0.2) is 0 Å². The van der Waals surface area contributed by atoms with Gasteiger partial charge in [0.1, 0.15) is 5.01 Å². The van der Waals surface area contributed by atoms with E-state index >= 15 is 0 Å². The number of rotatable bonds is 22. The van der Waals surface area contributed by atoms with E-state index in [1.807, 2.05) is 11.3 Å². The van der Waals surface area contributed by atoms with Gasteiger partial charge in [0, 0.05) is 27.9 Å². The molecule has 6 aromatic rings. The first-order valence-corrected chi connectivity index (χ1v) is 22.6. The molecule has 0 bridgehead atoms. The van der Waals surface area contributed by atoms with Gasteiger partial charge < -0.3 is 5.32 Å². The first kappa shape index (κ1) is 39.0. The summed E-state index contributed by atoms with van der Waals surface area (Å²) in [6.07, 6.45) is 23.9. The van der Waals surface area contributed by atoms with Gasteiger partial charge in [-0.1, -0.05) is 189 Å². The fourth-order valence-corrected chi connectivity index (χ4v) is 10.1. The van der Waals surface area contributed by atoms with Gasteiger partial charge >= 0.3 is 0 Å². The maximum Gasteiger partial charge on any atom is 0.124 e. The predicted molar refractivity (Wildman–Crippen MR) is 241 cm³/mol. The highest BCUT2D eigenvalue weighted by Crippen LogP contribution is 2.56. The minimum absolute atomic E-state index is 0.0143. The molecule has 1 N–H and O–H groups in total.